The second-order valence-electron chi connectivity index (χ2n) is 2.58. The third kappa shape index (κ3) is 1.42. The molecule has 0 fully saturated rings. The quantitative estimate of drug-likeness (QED) is 0.657. The summed E-state index contributed by atoms with van der Waals surface area (Å²) in [7, 11) is 0. The second-order valence-corrected chi connectivity index (χ2v) is 3.81. The number of nitrogens with zero attached hydrogens (tertiary/aromatic N) is 1. The summed E-state index contributed by atoms with van der Waals surface area (Å²) in [6.07, 6.45) is 3.04. The van der Waals surface area contributed by atoms with Crippen LogP contribution in [0.1, 0.15) is 0 Å². The van der Waals surface area contributed by atoms with E-state index < -0.39 is 0 Å². The number of benzene rings is 1. The Labute approximate surface area is 87.7 Å². The summed E-state index contributed by atoms with van der Waals surface area (Å²) in [5.74, 6) is -0.320. The van der Waals surface area contributed by atoms with Crippen LogP contribution in [0.4, 0.5) is 4.39 Å². The molecular weight excluding hydrogens is 256 g/mol. The molecule has 0 aliphatic rings. The van der Waals surface area contributed by atoms with Crippen molar-refractivity contribution in [2.45, 2.75) is 0 Å². The maximum Gasteiger partial charge on any atom is 0.133 e. The number of pyridine rings is 1. The Kier molecular flexibility index (Phi) is 2.22. The first-order chi connectivity index (χ1) is 6.20. The molecular formula is C9H4BrClFN. The Morgan fingerprint density at radius 2 is 2.15 bits per heavy atom. The first-order valence-corrected chi connectivity index (χ1v) is 4.74. The Bertz CT molecular complexity index is 472. The van der Waals surface area contributed by atoms with Crippen LogP contribution in [0, 0.1) is 5.82 Å². The van der Waals surface area contributed by atoms with E-state index in [1.54, 1.807) is 12.3 Å². The summed E-state index contributed by atoms with van der Waals surface area (Å²) in [5.41, 5.74) is 0. The zero-order valence-corrected chi connectivity index (χ0v) is 8.73. The van der Waals surface area contributed by atoms with Gasteiger partial charge in [-0.25, -0.2) is 4.39 Å². The van der Waals surface area contributed by atoms with Gasteiger partial charge in [0.25, 0.3) is 0 Å². The van der Waals surface area contributed by atoms with Crippen LogP contribution < -0.4 is 0 Å². The van der Waals surface area contributed by atoms with E-state index in [1.807, 2.05) is 0 Å². The van der Waals surface area contributed by atoms with Crippen LogP contribution in [0.3, 0.4) is 0 Å². The normalized spacial score (nSPS) is 10.7. The van der Waals surface area contributed by atoms with Gasteiger partial charge in [-0.2, -0.15) is 0 Å². The highest BCUT2D eigenvalue weighted by Crippen LogP contribution is 2.32. The van der Waals surface area contributed by atoms with E-state index in [0.29, 0.717) is 20.3 Å². The van der Waals surface area contributed by atoms with E-state index >= 15 is 0 Å². The summed E-state index contributed by atoms with van der Waals surface area (Å²) in [6.45, 7) is 0. The lowest BCUT2D eigenvalue weighted by Crippen LogP contribution is -1.83. The van der Waals surface area contributed by atoms with Crippen molar-refractivity contribution >= 4 is 38.3 Å². The maximum atomic E-state index is 13.3. The Hall–Kier alpha value is -0.670. The molecule has 0 radical (unpaired) electrons. The standard InChI is InChI=1S/C9H4BrClFN/c10-7-3-8(12)6-4-13-2-1-5(6)9(7)11/h1-4H. The molecule has 0 saturated carbocycles. The van der Waals surface area contributed by atoms with Gasteiger partial charge < -0.3 is 0 Å². The van der Waals surface area contributed by atoms with Gasteiger partial charge in [0, 0.05) is 27.6 Å². The van der Waals surface area contributed by atoms with Gasteiger partial charge in [-0.15, -0.1) is 0 Å². The van der Waals surface area contributed by atoms with Crippen molar-refractivity contribution in [3.05, 3.63) is 39.8 Å². The molecule has 0 amide bonds. The highest BCUT2D eigenvalue weighted by atomic mass is 79.9. The smallest absolute Gasteiger partial charge is 0.133 e. The fourth-order valence-corrected chi connectivity index (χ4v) is 1.79. The van der Waals surface area contributed by atoms with E-state index in [9.17, 15) is 4.39 Å². The van der Waals surface area contributed by atoms with Crippen LogP contribution in [0.2, 0.25) is 5.02 Å². The third-order valence-corrected chi connectivity index (χ3v) is 3.04. The Morgan fingerprint density at radius 1 is 1.38 bits per heavy atom. The summed E-state index contributed by atoms with van der Waals surface area (Å²) in [6, 6.07) is 3.03. The summed E-state index contributed by atoms with van der Waals surface area (Å²) in [4.78, 5) is 3.83. The van der Waals surface area contributed by atoms with Crippen LogP contribution in [-0.2, 0) is 0 Å². The summed E-state index contributed by atoms with van der Waals surface area (Å²) < 4.78 is 13.9. The molecule has 0 N–H and O–H groups in total. The molecule has 1 aromatic carbocycles. The third-order valence-electron chi connectivity index (χ3n) is 1.78. The van der Waals surface area contributed by atoms with Crippen molar-refractivity contribution in [1.29, 1.82) is 0 Å². The number of halogens is 3. The fraction of sp³-hybridized carbons (Fsp3) is 0. The topological polar surface area (TPSA) is 12.9 Å². The van der Waals surface area contributed by atoms with Crippen LogP contribution in [0.15, 0.2) is 29.0 Å². The van der Waals surface area contributed by atoms with Crippen molar-refractivity contribution in [3.63, 3.8) is 0 Å². The SMILES string of the molecule is Fc1cc(Br)c(Cl)c2ccncc12. The molecule has 0 aliphatic carbocycles. The fourth-order valence-electron chi connectivity index (χ4n) is 1.16. The molecule has 66 valence electrons. The Balaban J connectivity index is 2.97. The maximum absolute atomic E-state index is 13.3. The first kappa shape index (κ1) is 8.91. The van der Waals surface area contributed by atoms with E-state index in [4.69, 9.17) is 11.6 Å². The van der Waals surface area contributed by atoms with Gasteiger partial charge in [0.05, 0.1) is 5.02 Å². The molecule has 1 heterocycles. The number of rotatable bonds is 0. The molecule has 0 bridgehead atoms. The van der Waals surface area contributed by atoms with Crippen LogP contribution in [0.5, 0.6) is 0 Å². The molecule has 4 heteroatoms. The van der Waals surface area contributed by atoms with Gasteiger partial charge in [0.1, 0.15) is 5.82 Å². The summed E-state index contributed by atoms with van der Waals surface area (Å²) >= 11 is 9.13. The first-order valence-electron chi connectivity index (χ1n) is 3.57. The molecule has 0 saturated heterocycles. The average Bonchev–Trinajstić information content (AvgIpc) is 2.15. The second kappa shape index (κ2) is 3.24. The lowest BCUT2D eigenvalue weighted by atomic mass is 10.2. The monoisotopic (exact) mass is 259 g/mol. The van der Waals surface area contributed by atoms with Crippen LogP contribution >= 0.6 is 27.5 Å². The van der Waals surface area contributed by atoms with Crippen molar-refractivity contribution in [2.75, 3.05) is 0 Å². The van der Waals surface area contributed by atoms with Crippen molar-refractivity contribution in [2.24, 2.45) is 0 Å². The molecule has 0 atom stereocenters. The molecule has 2 aromatic rings. The largest absolute Gasteiger partial charge is 0.264 e. The van der Waals surface area contributed by atoms with Gasteiger partial charge in [-0.1, -0.05) is 11.6 Å². The van der Waals surface area contributed by atoms with Gasteiger partial charge >= 0.3 is 0 Å². The summed E-state index contributed by atoms with van der Waals surface area (Å²) in [5, 5.41) is 1.62. The van der Waals surface area contributed by atoms with Gasteiger partial charge in [-0.3, -0.25) is 4.98 Å². The van der Waals surface area contributed by atoms with E-state index in [-0.39, 0.29) is 5.82 Å². The van der Waals surface area contributed by atoms with E-state index in [0.717, 1.165) is 0 Å². The van der Waals surface area contributed by atoms with Gasteiger partial charge in [-0.05, 0) is 28.1 Å². The molecule has 0 unspecified atom stereocenters. The van der Waals surface area contributed by atoms with Gasteiger partial charge in [0.2, 0.25) is 0 Å². The van der Waals surface area contributed by atoms with Crippen molar-refractivity contribution in [3.8, 4) is 0 Å². The number of hydrogen-bond acceptors (Lipinski definition) is 1. The molecule has 2 rings (SSSR count). The number of fused-ring (bicyclic) bond motifs is 1. The number of aromatic nitrogens is 1. The minimum absolute atomic E-state index is 0.320. The molecule has 1 aromatic heterocycles. The van der Waals surface area contributed by atoms with E-state index in [1.165, 1.54) is 12.3 Å². The number of hydrogen-bond donors (Lipinski definition) is 0. The minimum Gasteiger partial charge on any atom is -0.264 e. The molecule has 0 aliphatic heterocycles. The minimum atomic E-state index is -0.320. The zero-order chi connectivity index (χ0) is 9.42. The Morgan fingerprint density at radius 3 is 2.92 bits per heavy atom. The van der Waals surface area contributed by atoms with Gasteiger partial charge in [0.15, 0.2) is 0 Å². The lowest BCUT2D eigenvalue weighted by molar-refractivity contribution is 0.638. The molecule has 13 heavy (non-hydrogen) atoms. The van der Waals surface area contributed by atoms with Crippen molar-refractivity contribution < 1.29 is 4.39 Å². The zero-order valence-electron chi connectivity index (χ0n) is 6.39. The predicted octanol–water partition coefficient (Wildman–Crippen LogP) is 3.79. The molecule has 1 nitrogen and oxygen atoms in total. The van der Waals surface area contributed by atoms with Crippen LogP contribution in [0.25, 0.3) is 10.8 Å². The highest BCUT2D eigenvalue weighted by molar-refractivity contribution is 9.10. The van der Waals surface area contributed by atoms with E-state index in [2.05, 4.69) is 20.9 Å². The average molecular weight is 260 g/mol. The lowest BCUT2D eigenvalue weighted by Gasteiger charge is -2.02. The predicted molar refractivity (Wildman–Crippen MR) is 54.4 cm³/mol. The van der Waals surface area contributed by atoms with Crippen LogP contribution in [-0.4, -0.2) is 4.98 Å². The molecule has 0 spiro atoms. The highest BCUT2D eigenvalue weighted by Gasteiger charge is 2.07. The van der Waals surface area contributed by atoms with Crippen molar-refractivity contribution in [1.82, 2.24) is 4.98 Å².